The third-order valence-corrected chi connectivity index (χ3v) is 6.41. The monoisotopic (exact) mass is 567 g/mol. The number of nitrogens with two attached hydrogens (primary N) is 1. The lowest BCUT2D eigenvalue weighted by atomic mass is 10.1. The van der Waals surface area contributed by atoms with Crippen molar-refractivity contribution >= 4 is 47.1 Å². The van der Waals surface area contributed by atoms with Gasteiger partial charge in [-0.2, -0.15) is 0 Å². The zero-order valence-corrected chi connectivity index (χ0v) is 23.6. The Morgan fingerprint density at radius 2 is 1.43 bits per heavy atom. The summed E-state index contributed by atoms with van der Waals surface area (Å²) < 4.78 is 8.45. The van der Waals surface area contributed by atoms with Crippen molar-refractivity contribution in [3.05, 3.63) is 101 Å². The summed E-state index contributed by atoms with van der Waals surface area (Å²) >= 11 is 0. The van der Waals surface area contributed by atoms with Crippen molar-refractivity contribution in [2.75, 3.05) is 24.3 Å². The van der Waals surface area contributed by atoms with E-state index in [9.17, 15) is 14.4 Å². The Bertz CT molecular complexity index is 1650. The molecular formula is C31H33N7O4. The van der Waals surface area contributed by atoms with E-state index in [1.54, 1.807) is 67.0 Å². The van der Waals surface area contributed by atoms with E-state index in [0.29, 0.717) is 28.3 Å². The summed E-state index contributed by atoms with van der Waals surface area (Å²) in [7, 11) is 5.02. The molecule has 0 bridgehead atoms. The Morgan fingerprint density at radius 3 is 2.05 bits per heavy atom. The largest absolute Gasteiger partial charge is 0.497 e. The Labute approximate surface area is 243 Å². The third kappa shape index (κ3) is 7.54. The van der Waals surface area contributed by atoms with Crippen molar-refractivity contribution in [1.82, 2.24) is 14.5 Å². The van der Waals surface area contributed by atoms with Gasteiger partial charge in [0.15, 0.2) is 0 Å². The molecule has 42 heavy (non-hydrogen) atoms. The minimum Gasteiger partial charge on any atom is -0.497 e. The number of ether oxygens (including phenoxy) is 1. The Balaban J connectivity index is 1.36. The van der Waals surface area contributed by atoms with Crippen LogP contribution in [0.25, 0.3) is 12.2 Å². The molecule has 11 nitrogen and oxygen atoms in total. The number of aromatic nitrogens is 2. The number of nitrogens with zero attached hydrogens (tertiary/aromatic N) is 2. The molecule has 3 amide bonds. The van der Waals surface area contributed by atoms with Crippen LogP contribution >= 0.6 is 0 Å². The lowest BCUT2D eigenvalue weighted by molar-refractivity contribution is 0.0945. The fourth-order valence-corrected chi connectivity index (χ4v) is 4.20. The minimum absolute atomic E-state index is 0.0138. The zero-order valence-electron chi connectivity index (χ0n) is 23.6. The molecule has 4 rings (SSSR count). The van der Waals surface area contributed by atoms with Crippen molar-refractivity contribution in [2.45, 2.75) is 6.42 Å². The highest BCUT2D eigenvalue weighted by Crippen LogP contribution is 2.19. The number of rotatable bonds is 11. The van der Waals surface area contributed by atoms with Gasteiger partial charge >= 0.3 is 0 Å². The Morgan fingerprint density at radius 1 is 0.833 bits per heavy atom. The number of nitrogens with one attached hydrogen (secondary N) is 4. The van der Waals surface area contributed by atoms with E-state index in [2.05, 4.69) is 16.0 Å². The second-order valence-electron chi connectivity index (χ2n) is 9.62. The number of hydrogen-bond acceptors (Lipinski definition) is 5. The van der Waals surface area contributed by atoms with Gasteiger partial charge in [-0.15, -0.1) is 0 Å². The highest BCUT2D eigenvalue weighted by molar-refractivity contribution is 6.07. The lowest BCUT2D eigenvalue weighted by Gasteiger charge is -2.04. The molecule has 216 valence electrons. The van der Waals surface area contributed by atoms with E-state index in [-0.39, 0.29) is 30.6 Å². The fourth-order valence-electron chi connectivity index (χ4n) is 4.20. The van der Waals surface area contributed by atoms with Gasteiger partial charge in [0.2, 0.25) is 0 Å². The van der Waals surface area contributed by atoms with E-state index in [0.717, 1.165) is 16.9 Å². The molecule has 0 aliphatic heterocycles. The molecule has 6 N–H and O–H groups in total. The van der Waals surface area contributed by atoms with E-state index < -0.39 is 5.91 Å². The number of hydrogen-bond donors (Lipinski definition) is 5. The van der Waals surface area contributed by atoms with Gasteiger partial charge < -0.3 is 35.6 Å². The molecule has 0 radical (unpaired) electrons. The predicted molar refractivity (Wildman–Crippen MR) is 164 cm³/mol. The maximum absolute atomic E-state index is 13.0. The summed E-state index contributed by atoms with van der Waals surface area (Å²) in [6, 6.07) is 18.0. The molecule has 2 aromatic heterocycles. The van der Waals surface area contributed by atoms with Crippen LogP contribution in [-0.2, 0) is 14.1 Å². The molecule has 0 spiro atoms. The Hall–Kier alpha value is -5.58. The van der Waals surface area contributed by atoms with Crippen LogP contribution in [0.3, 0.4) is 0 Å². The van der Waals surface area contributed by atoms with Crippen LogP contribution in [0.4, 0.5) is 11.4 Å². The molecule has 0 fully saturated rings. The first-order valence-electron chi connectivity index (χ1n) is 13.1. The summed E-state index contributed by atoms with van der Waals surface area (Å²) in [5.74, 6) is -0.287. The summed E-state index contributed by atoms with van der Waals surface area (Å²) in [4.78, 5) is 38.3. The number of amides is 3. The lowest BCUT2D eigenvalue weighted by Crippen LogP contribution is -2.28. The van der Waals surface area contributed by atoms with Crippen LogP contribution in [0.1, 0.15) is 48.9 Å². The number of methoxy groups -OCH3 is 1. The summed E-state index contributed by atoms with van der Waals surface area (Å²) in [5.41, 5.74) is 9.29. The van der Waals surface area contributed by atoms with Gasteiger partial charge in [0.05, 0.1) is 24.3 Å². The molecule has 0 atom stereocenters. The SMILES string of the molecule is COc1cccc(/C=C/c2ccc(C(=O)Nc3cc(C(=O)Nc4cc(C(=O)NCCC(=N)N)n(C)c4)n(C)c3)cc2)c1. The number of carbonyl (C=O) groups is 3. The van der Waals surface area contributed by atoms with Gasteiger partial charge in [-0.3, -0.25) is 19.8 Å². The number of anilines is 2. The number of carbonyl (C=O) groups excluding carboxylic acids is 3. The molecule has 4 aromatic rings. The molecule has 0 aliphatic rings. The third-order valence-electron chi connectivity index (χ3n) is 6.41. The van der Waals surface area contributed by atoms with Gasteiger partial charge in [0.25, 0.3) is 17.7 Å². The molecule has 0 aliphatic carbocycles. The van der Waals surface area contributed by atoms with E-state index >= 15 is 0 Å². The van der Waals surface area contributed by atoms with E-state index in [1.807, 2.05) is 48.6 Å². The molecule has 0 saturated carbocycles. The highest BCUT2D eigenvalue weighted by atomic mass is 16.5. The van der Waals surface area contributed by atoms with Crippen LogP contribution in [0.15, 0.2) is 73.1 Å². The number of aryl methyl sites for hydroxylation is 2. The van der Waals surface area contributed by atoms with Gasteiger partial charge in [0.1, 0.15) is 17.1 Å². The molecular weight excluding hydrogens is 534 g/mol. The smallest absolute Gasteiger partial charge is 0.272 e. The minimum atomic E-state index is -0.403. The van der Waals surface area contributed by atoms with Crippen molar-refractivity contribution in [3.63, 3.8) is 0 Å². The quantitative estimate of drug-likeness (QED) is 0.105. The van der Waals surface area contributed by atoms with Gasteiger partial charge in [-0.25, -0.2) is 0 Å². The number of benzene rings is 2. The van der Waals surface area contributed by atoms with Gasteiger partial charge in [0, 0.05) is 45.0 Å². The van der Waals surface area contributed by atoms with E-state index in [1.165, 1.54) is 0 Å². The second-order valence-corrected chi connectivity index (χ2v) is 9.62. The Kier molecular flexibility index (Phi) is 9.23. The predicted octanol–water partition coefficient (Wildman–Crippen LogP) is 4.10. The van der Waals surface area contributed by atoms with Crippen molar-refractivity contribution in [3.8, 4) is 5.75 Å². The summed E-state index contributed by atoms with van der Waals surface area (Å²) in [6.45, 7) is 0.240. The molecule has 0 unspecified atom stereocenters. The molecule has 2 aromatic carbocycles. The van der Waals surface area contributed by atoms with Crippen molar-refractivity contribution < 1.29 is 19.1 Å². The first-order chi connectivity index (χ1) is 20.1. The normalized spacial score (nSPS) is 10.8. The molecule has 11 heteroatoms. The fraction of sp³-hybridized carbons (Fsp3) is 0.161. The standard InChI is InChI=1S/C31H33N7O4/c1-37-19-24(16-26(37)30(40)34-14-13-28(32)33)36-31(41)27-17-23(18-38(27)2)35-29(39)22-11-9-20(10-12-22)7-8-21-5-4-6-25(15-21)42-3/h4-12,15-19H,13-14H2,1-3H3,(H3,32,33)(H,34,40)(H,35,39)(H,36,41)/b8-7+. The first kappa shape index (κ1) is 29.4. The van der Waals surface area contributed by atoms with Crippen LogP contribution in [0, 0.1) is 5.41 Å². The van der Waals surface area contributed by atoms with E-state index in [4.69, 9.17) is 15.9 Å². The average Bonchev–Trinajstić information content (AvgIpc) is 3.52. The summed E-state index contributed by atoms with van der Waals surface area (Å²) in [6.07, 6.45) is 7.45. The van der Waals surface area contributed by atoms with Crippen LogP contribution in [-0.4, -0.2) is 46.3 Å². The van der Waals surface area contributed by atoms with Crippen molar-refractivity contribution in [2.24, 2.45) is 19.8 Å². The maximum Gasteiger partial charge on any atom is 0.272 e. The number of amidine groups is 1. The van der Waals surface area contributed by atoms with Crippen LogP contribution < -0.4 is 26.4 Å². The van der Waals surface area contributed by atoms with Crippen LogP contribution in [0.5, 0.6) is 5.75 Å². The average molecular weight is 568 g/mol. The summed E-state index contributed by atoms with van der Waals surface area (Å²) in [5, 5.41) is 15.6. The second kappa shape index (κ2) is 13.2. The van der Waals surface area contributed by atoms with Gasteiger partial charge in [-0.1, -0.05) is 36.4 Å². The topological polar surface area (TPSA) is 156 Å². The van der Waals surface area contributed by atoms with Gasteiger partial charge in [-0.05, 0) is 47.5 Å². The molecule has 2 heterocycles. The van der Waals surface area contributed by atoms with Crippen molar-refractivity contribution in [1.29, 1.82) is 5.41 Å². The van der Waals surface area contributed by atoms with Crippen LogP contribution in [0.2, 0.25) is 0 Å². The molecule has 0 saturated heterocycles. The first-order valence-corrected chi connectivity index (χ1v) is 13.1. The highest BCUT2D eigenvalue weighted by Gasteiger charge is 2.17. The maximum atomic E-state index is 13.0. The zero-order chi connectivity index (χ0) is 30.2.